The number of nitrogen functional groups attached to an aromatic ring is 1. The summed E-state index contributed by atoms with van der Waals surface area (Å²) in [4.78, 5) is 13.1. The summed E-state index contributed by atoms with van der Waals surface area (Å²) < 4.78 is 40.0. The van der Waals surface area contributed by atoms with Gasteiger partial charge < -0.3 is 24.3 Å². The molecule has 4 rings (SSSR count). The molecular formula is C24H43FN6O3Si2. The van der Waals surface area contributed by atoms with Crippen molar-refractivity contribution in [2.24, 2.45) is 0 Å². The van der Waals surface area contributed by atoms with Crippen LogP contribution in [0.4, 0.5) is 16.2 Å². The minimum absolute atomic E-state index is 0.0887. The van der Waals surface area contributed by atoms with E-state index in [4.69, 9.17) is 19.0 Å². The fourth-order valence-electron chi connectivity index (χ4n) is 6.82. The molecule has 4 atom stereocenters. The van der Waals surface area contributed by atoms with Gasteiger partial charge in [0.2, 0.25) is 5.95 Å². The second-order valence-corrected chi connectivity index (χ2v) is 21.3. The van der Waals surface area contributed by atoms with E-state index in [9.17, 15) is 0 Å². The van der Waals surface area contributed by atoms with Crippen LogP contribution >= 0.6 is 0 Å². The lowest BCUT2D eigenvalue weighted by molar-refractivity contribution is -0.0567. The highest BCUT2D eigenvalue weighted by molar-refractivity contribution is 6.88. The van der Waals surface area contributed by atoms with E-state index in [0.29, 0.717) is 23.6 Å². The van der Waals surface area contributed by atoms with E-state index in [1.165, 1.54) is 0 Å². The van der Waals surface area contributed by atoms with Gasteiger partial charge in [0, 0.05) is 12.6 Å². The Morgan fingerprint density at radius 1 is 1.08 bits per heavy atom. The molecule has 2 aliphatic heterocycles. The summed E-state index contributed by atoms with van der Waals surface area (Å²) >= 11 is 0. The fourth-order valence-corrected chi connectivity index (χ4v) is 20.5. The van der Waals surface area contributed by atoms with Crippen LogP contribution in [-0.4, -0.2) is 61.8 Å². The van der Waals surface area contributed by atoms with Crippen LogP contribution in [0.3, 0.4) is 0 Å². The lowest BCUT2D eigenvalue weighted by Crippen LogP contribution is -2.62. The van der Waals surface area contributed by atoms with Gasteiger partial charge in [-0.25, -0.2) is 9.37 Å². The van der Waals surface area contributed by atoms with Gasteiger partial charge in [-0.1, -0.05) is 55.4 Å². The topological polar surface area (TPSA) is 109 Å². The molecule has 0 bridgehead atoms. The number of rotatable bonds is 6. The van der Waals surface area contributed by atoms with Gasteiger partial charge >= 0.3 is 8.56 Å². The van der Waals surface area contributed by atoms with Crippen molar-refractivity contribution in [3.8, 4) is 0 Å². The zero-order valence-corrected chi connectivity index (χ0v) is 25.3. The van der Waals surface area contributed by atoms with Crippen LogP contribution in [0.25, 0.3) is 11.2 Å². The Bertz CT molecular complexity index is 1090. The van der Waals surface area contributed by atoms with Gasteiger partial charge in [0.05, 0.1) is 19.0 Å². The fraction of sp³-hybridized carbons (Fsp3) is 0.792. The van der Waals surface area contributed by atoms with E-state index in [0.717, 1.165) is 0 Å². The summed E-state index contributed by atoms with van der Waals surface area (Å²) in [7, 11) is -3.77. The number of anilines is 2. The third-order valence-electron chi connectivity index (χ3n) is 8.40. The van der Waals surface area contributed by atoms with E-state index in [1.807, 2.05) is 0 Å². The van der Waals surface area contributed by atoms with Crippen LogP contribution in [-0.2, 0) is 13.3 Å². The Morgan fingerprint density at radius 2 is 1.69 bits per heavy atom. The molecular weight excluding hydrogens is 495 g/mol. The number of nitrogens with two attached hydrogens (primary N) is 1. The van der Waals surface area contributed by atoms with Crippen LogP contribution < -0.4 is 11.1 Å². The van der Waals surface area contributed by atoms with Crippen molar-refractivity contribution in [2.45, 2.75) is 108 Å². The quantitative estimate of drug-likeness (QED) is 0.463. The number of nitrogens with zero attached hydrogens (tertiary/aromatic N) is 4. The lowest BCUT2D eigenvalue weighted by Gasteiger charge is -2.51. The molecule has 0 aliphatic carbocycles. The smallest absolute Gasteiger partial charge is 0.333 e. The highest BCUT2D eigenvalue weighted by Crippen LogP contribution is 2.62. The lowest BCUT2D eigenvalue weighted by atomic mass is 10.0. The van der Waals surface area contributed by atoms with Gasteiger partial charge in [0.25, 0.3) is 0 Å². The van der Waals surface area contributed by atoms with Gasteiger partial charge in [0.15, 0.2) is 37.2 Å². The number of hydrogen-bond acceptors (Lipinski definition) is 8. The molecule has 0 saturated carbocycles. The number of aromatic nitrogens is 4. The Hall–Kier alpha value is -1.61. The molecule has 0 amide bonds. The molecule has 0 aromatic carbocycles. The standard InChI is InChI=1S/C24H43FN6O3Si2/c1-13(2)35(14(3)4)19-17(11-32-36(34-35,15(5)6)16(7)8)33-22(24(19,9)25)31-12-28-18-20(27-10)29-23(26)30-21(18)31/h12-17,19,22H,11H2,1-10H3,(H3,26,27,29,30)/t17-,19-,22-,24-/m1/s1. The van der Waals surface area contributed by atoms with Crippen molar-refractivity contribution >= 4 is 39.8 Å². The second-order valence-electron chi connectivity index (χ2n) is 11.8. The van der Waals surface area contributed by atoms with E-state index >= 15 is 4.39 Å². The first-order valence-corrected chi connectivity index (χ1v) is 17.2. The molecule has 36 heavy (non-hydrogen) atoms. The van der Waals surface area contributed by atoms with Gasteiger partial charge in [-0.3, -0.25) is 4.57 Å². The molecule has 2 aromatic heterocycles. The molecule has 12 heteroatoms. The van der Waals surface area contributed by atoms with Crippen molar-refractivity contribution in [3.63, 3.8) is 0 Å². The van der Waals surface area contributed by atoms with E-state index in [-0.39, 0.29) is 28.1 Å². The summed E-state index contributed by atoms with van der Waals surface area (Å²) in [6.45, 7) is 19.5. The van der Waals surface area contributed by atoms with Gasteiger partial charge in [-0.2, -0.15) is 9.97 Å². The molecule has 0 unspecified atom stereocenters. The normalized spacial score (nSPS) is 29.9. The zero-order chi connectivity index (χ0) is 26.8. The largest absolute Gasteiger partial charge is 0.434 e. The zero-order valence-electron chi connectivity index (χ0n) is 23.3. The minimum Gasteiger partial charge on any atom is -0.434 e. The Labute approximate surface area is 216 Å². The average molecular weight is 539 g/mol. The number of ether oxygens (including phenoxy) is 1. The maximum absolute atomic E-state index is 17.5. The summed E-state index contributed by atoms with van der Waals surface area (Å²) in [5, 5.41) is 3.00. The molecule has 2 aromatic rings. The molecule has 0 spiro atoms. The van der Waals surface area contributed by atoms with Gasteiger partial charge in [-0.05, 0) is 29.1 Å². The molecule has 202 valence electrons. The van der Waals surface area contributed by atoms with Crippen LogP contribution in [0, 0.1) is 0 Å². The number of halogens is 1. The Balaban J connectivity index is 1.89. The van der Waals surface area contributed by atoms with Gasteiger partial charge in [-0.15, -0.1) is 0 Å². The summed E-state index contributed by atoms with van der Waals surface area (Å²) in [6, 6.07) is 0. The predicted molar refractivity (Wildman–Crippen MR) is 145 cm³/mol. The van der Waals surface area contributed by atoms with Crippen molar-refractivity contribution in [1.29, 1.82) is 0 Å². The minimum atomic E-state index is -2.83. The van der Waals surface area contributed by atoms with Crippen LogP contribution in [0.15, 0.2) is 6.33 Å². The first-order valence-electron chi connectivity index (χ1n) is 13.1. The third kappa shape index (κ3) is 3.82. The molecule has 2 fully saturated rings. The number of fused-ring (bicyclic) bond motifs is 2. The van der Waals surface area contributed by atoms with Gasteiger partial charge in [0.1, 0.15) is 0 Å². The number of alkyl halides is 1. The molecule has 2 aliphatic rings. The van der Waals surface area contributed by atoms with Crippen LogP contribution in [0.2, 0.25) is 27.7 Å². The molecule has 0 radical (unpaired) electrons. The Morgan fingerprint density at radius 3 is 2.22 bits per heavy atom. The Kier molecular flexibility index (Phi) is 7.08. The molecule has 3 N–H and O–H groups in total. The summed E-state index contributed by atoms with van der Waals surface area (Å²) in [5.41, 5.74) is 5.56. The van der Waals surface area contributed by atoms with Crippen molar-refractivity contribution in [3.05, 3.63) is 6.33 Å². The first-order chi connectivity index (χ1) is 16.7. The van der Waals surface area contributed by atoms with E-state index in [2.05, 4.69) is 75.7 Å². The van der Waals surface area contributed by atoms with Crippen LogP contribution in [0.5, 0.6) is 0 Å². The number of imidazole rings is 1. The second kappa shape index (κ2) is 9.30. The van der Waals surface area contributed by atoms with Crippen molar-refractivity contribution in [2.75, 3.05) is 24.7 Å². The highest BCUT2D eigenvalue weighted by Gasteiger charge is 2.71. The monoisotopic (exact) mass is 538 g/mol. The van der Waals surface area contributed by atoms with E-state index in [1.54, 1.807) is 24.9 Å². The van der Waals surface area contributed by atoms with Crippen molar-refractivity contribution in [1.82, 2.24) is 19.5 Å². The maximum Gasteiger partial charge on any atom is 0.333 e. The molecule has 2 saturated heterocycles. The first kappa shape index (κ1) is 27.4. The maximum atomic E-state index is 17.5. The molecule has 9 nitrogen and oxygen atoms in total. The number of hydrogen-bond donors (Lipinski definition) is 2. The molecule has 4 heterocycles. The number of nitrogens with one attached hydrogen (secondary N) is 1. The SMILES string of the molecule is CNc1nc(N)nc2c1ncn2[C@@H]1O[C@@H]2CO[Si](C(C)C)(C(C)C)O[Si](C(C)C)(C(C)C)[C@H]2[C@@]1(C)F. The van der Waals surface area contributed by atoms with Crippen molar-refractivity contribution < 1.29 is 17.7 Å². The third-order valence-corrected chi connectivity index (χ3v) is 20.4. The highest BCUT2D eigenvalue weighted by atomic mass is 28.4. The van der Waals surface area contributed by atoms with E-state index < -0.39 is 40.4 Å². The summed E-state index contributed by atoms with van der Waals surface area (Å²) in [6.07, 6.45) is 0.193. The van der Waals surface area contributed by atoms with Crippen LogP contribution in [0.1, 0.15) is 68.5 Å². The predicted octanol–water partition coefficient (Wildman–Crippen LogP) is 5.52. The summed E-state index contributed by atoms with van der Waals surface area (Å²) in [5.74, 6) is 0.583. The average Bonchev–Trinajstić information content (AvgIpc) is 3.23.